The van der Waals surface area contributed by atoms with Crippen molar-refractivity contribution in [2.24, 2.45) is 11.8 Å². The molecule has 2 N–H and O–H groups in total. The van der Waals surface area contributed by atoms with Crippen LogP contribution >= 0.6 is 24.8 Å². The molecule has 0 unspecified atom stereocenters. The Hall–Kier alpha value is -3.37. The summed E-state index contributed by atoms with van der Waals surface area (Å²) in [6, 6.07) is 18.5. The molecule has 2 fully saturated rings. The lowest BCUT2D eigenvalue weighted by atomic mass is 9.65. The van der Waals surface area contributed by atoms with Crippen LogP contribution in [0.15, 0.2) is 54.6 Å². The topological polar surface area (TPSA) is 98.7 Å². The van der Waals surface area contributed by atoms with Crippen molar-refractivity contribution in [2.45, 2.75) is 37.4 Å². The Balaban J connectivity index is 0.00000192. The maximum absolute atomic E-state index is 13.4. The molecule has 9 nitrogen and oxygen atoms in total. The highest BCUT2D eigenvalue weighted by Gasteiger charge is 2.53. The van der Waals surface area contributed by atoms with E-state index >= 15 is 0 Å². The van der Waals surface area contributed by atoms with E-state index in [0.717, 1.165) is 49.2 Å². The summed E-state index contributed by atoms with van der Waals surface area (Å²) in [7, 11) is 3.01. The lowest BCUT2D eigenvalue weighted by Crippen LogP contribution is -2.48. The van der Waals surface area contributed by atoms with Crippen LogP contribution in [0.4, 0.5) is 0 Å². The summed E-state index contributed by atoms with van der Waals surface area (Å²) in [6.07, 6.45) is 2.04. The van der Waals surface area contributed by atoms with Gasteiger partial charge in [-0.15, -0.1) is 24.8 Å². The number of fused-ring (bicyclic) bond motifs is 3. The number of hydrogen-bond donors (Lipinski definition) is 2. The zero-order valence-electron chi connectivity index (χ0n) is 24.7. The van der Waals surface area contributed by atoms with E-state index in [1.54, 1.807) is 12.1 Å². The number of phenolic OH excluding ortho intramolecular Hbond substituents is 1. The fourth-order valence-corrected chi connectivity index (χ4v) is 7.22. The minimum absolute atomic E-state index is 0. The van der Waals surface area contributed by atoms with Crippen LogP contribution in [0, 0.1) is 11.8 Å². The fraction of sp³-hybridized carbons (Fsp3) is 0.424. The smallest absolute Gasteiger partial charge is 0.310 e. The highest BCUT2D eigenvalue weighted by atomic mass is 35.5. The number of nitrogens with zero attached hydrogens (tertiary/aromatic N) is 1. The number of esters is 1. The molecule has 0 radical (unpaired) electrons. The zero-order valence-corrected chi connectivity index (χ0v) is 26.3. The number of methoxy groups -OCH3 is 2. The monoisotopic (exact) mass is 644 g/mol. The van der Waals surface area contributed by atoms with Crippen LogP contribution in [-0.2, 0) is 16.1 Å². The van der Waals surface area contributed by atoms with Gasteiger partial charge in [0.05, 0.1) is 26.7 Å². The Bertz CT molecular complexity index is 1460. The van der Waals surface area contributed by atoms with Gasteiger partial charge in [0.15, 0.2) is 23.0 Å². The lowest BCUT2D eigenvalue weighted by Gasteiger charge is -2.42. The lowest BCUT2D eigenvalue weighted by molar-refractivity contribution is -0.141. The van der Waals surface area contributed by atoms with Crippen molar-refractivity contribution >= 4 is 30.8 Å². The van der Waals surface area contributed by atoms with Crippen molar-refractivity contribution in [1.82, 2.24) is 10.2 Å². The molecule has 7 rings (SSSR count). The largest absolute Gasteiger partial charge is 0.502 e. The average Bonchev–Trinajstić information content (AvgIpc) is 3.64. The number of nitrogens with one attached hydrogen (secondary N) is 1. The van der Waals surface area contributed by atoms with Crippen molar-refractivity contribution in [3.63, 3.8) is 0 Å². The molecule has 11 heteroatoms. The second-order valence-corrected chi connectivity index (χ2v) is 11.6. The standard InChI is InChI=1S/C33H36N2O7.2ClH/c1-38-27-12-20(13-28(39-2)32(27)36)29-22-14-25-26(42-18-41-25)15-23(22)31(24-17-40-33(37)30(24)29)34-21-8-10-35(11-9-21)16-19-6-4-3-5-7-19;;/h3-7,12-15,21,24,29-31,34,36H,8-11,16-18H2,1-2H3;2*1H/t24-,29+,30-,31+;;/m0../s1. The number of aromatic hydroxyl groups is 1. The third-order valence-electron chi connectivity index (χ3n) is 9.30. The van der Waals surface area contributed by atoms with Crippen LogP contribution in [0.25, 0.3) is 0 Å². The minimum Gasteiger partial charge on any atom is -0.502 e. The first kappa shape index (κ1) is 32.0. The van der Waals surface area contributed by atoms with Crippen LogP contribution in [0.2, 0.25) is 0 Å². The van der Waals surface area contributed by atoms with Gasteiger partial charge in [-0.1, -0.05) is 30.3 Å². The number of halogens is 2. The molecular weight excluding hydrogens is 607 g/mol. The number of hydrogen-bond acceptors (Lipinski definition) is 9. The Morgan fingerprint density at radius 1 is 0.909 bits per heavy atom. The van der Waals surface area contributed by atoms with E-state index in [-0.39, 0.29) is 72.7 Å². The Morgan fingerprint density at radius 2 is 1.55 bits per heavy atom. The third-order valence-corrected chi connectivity index (χ3v) is 9.30. The minimum atomic E-state index is -0.424. The summed E-state index contributed by atoms with van der Waals surface area (Å²) in [5, 5.41) is 14.6. The van der Waals surface area contributed by atoms with Gasteiger partial charge in [0, 0.05) is 30.5 Å². The molecule has 0 spiro atoms. The highest BCUT2D eigenvalue weighted by molar-refractivity contribution is 5.85. The molecule has 3 aliphatic heterocycles. The van der Waals surface area contributed by atoms with Crippen LogP contribution < -0.4 is 24.3 Å². The Kier molecular flexibility index (Phi) is 9.70. The van der Waals surface area contributed by atoms with E-state index in [4.69, 9.17) is 23.7 Å². The van der Waals surface area contributed by atoms with Gasteiger partial charge in [-0.2, -0.15) is 0 Å². The molecule has 2 saturated heterocycles. The number of phenols is 1. The van der Waals surface area contributed by atoms with Crippen molar-refractivity contribution < 1.29 is 33.6 Å². The van der Waals surface area contributed by atoms with E-state index in [1.165, 1.54) is 19.8 Å². The number of cyclic esters (lactones) is 1. The Morgan fingerprint density at radius 3 is 2.18 bits per heavy atom. The maximum Gasteiger partial charge on any atom is 0.310 e. The molecule has 1 aliphatic carbocycles. The molecule has 0 saturated carbocycles. The predicted molar refractivity (Wildman–Crippen MR) is 169 cm³/mol. The normalized spacial score (nSPS) is 23.9. The van der Waals surface area contributed by atoms with E-state index < -0.39 is 5.92 Å². The van der Waals surface area contributed by atoms with Gasteiger partial charge >= 0.3 is 5.97 Å². The van der Waals surface area contributed by atoms with Gasteiger partial charge in [-0.05, 0) is 72.5 Å². The van der Waals surface area contributed by atoms with Crippen molar-refractivity contribution in [3.8, 4) is 28.7 Å². The van der Waals surface area contributed by atoms with Gasteiger partial charge in [0.1, 0.15) is 0 Å². The summed E-state index contributed by atoms with van der Waals surface area (Å²) in [4.78, 5) is 15.9. The number of piperidine rings is 1. The SMILES string of the molecule is COc1cc([C@@H]2c3cc4c(cc3[C@@H](NC3CCN(Cc5ccccc5)CC3)[C@H]3COC(=O)[C@H]23)OCO4)cc(OC)c1O.Cl.Cl. The average molecular weight is 646 g/mol. The van der Waals surface area contributed by atoms with Crippen LogP contribution in [0.1, 0.15) is 47.1 Å². The quantitative estimate of drug-likeness (QED) is 0.336. The molecule has 236 valence electrons. The molecule has 0 amide bonds. The number of likely N-dealkylation sites (tertiary alicyclic amines) is 1. The second kappa shape index (κ2) is 13.3. The van der Waals surface area contributed by atoms with Crippen molar-refractivity contribution in [3.05, 3.63) is 76.9 Å². The number of carbonyl (C=O) groups excluding carboxylic acids is 1. The Labute approximate surface area is 269 Å². The van der Waals surface area contributed by atoms with E-state index in [2.05, 4.69) is 46.6 Å². The summed E-state index contributed by atoms with van der Waals surface area (Å²) in [5.41, 5.74) is 4.21. The van der Waals surface area contributed by atoms with Gasteiger partial charge in [-0.25, -0.2) is 0 Å². The number of carbonyl (C=O) groups is 1. The summed E-state index contributed by atoms with van der Waals surface area (Å²) in [6.45, 7) is 3.47. The van der Waals surface area contributed by atoms with Gasteiger partial charge < -0.3 is 34.1 Å². The summed E-state index contributed by atoms with van der Waals surface area (Å²) < 4.78 is 28.3. The van der Waals surface area contributed by atoms with E-state index in [0.29, 0.717) is 24.1 Å². The molecular formula is C33H38Cl2N2O7. The summed E-state index contributed by atoms with van der Waals surface area (Å²) in [5.74, 6) is 0.808. The molecule has 3 aromatic rings. The summed E-state index contributed by atoms with van der Waals surface area (Å²) >= 11 is 0. The van der Waals surface area contributed by atoms with Gasteiger partial charge in [-0.3, -0.25) is 9.69 Å². The van der Waals surface area contributed by atoms with Crippen molar-refractivity contribution in [1.29, 1.82) is 0 Å². The zero-order chi connectivity index (χ0) is 28.8. The number of ether oxygens (including phenoxy) is 5. The molecule has 0 aromatic heterocycles. The molecule has 4 atom stereocenters. The van der Waals surface area contributed by atoms with Crippen molar-refractivity contribution in [2.75, 3.05) is 40.7 Å². The number of benzene rings is 3. The predicted octanol–water partition coefficient (Wildman–Crippen LogP) is 5.21. The van der Waals surface area contributed by atoms with Crippen LogP contribution in [-0.4, -0.2) is 62.7 Å². The molecule has 44 heavy (non-hydrogen) atoms. The third kappa shape index (κ3) is 5.74. The molecule has 3 aromatic carbocycles. The number of rotatable bonds is 7. The van der Waals surface area contributed by atoms with E-state index in [1.807, 2.05) is 6.07 Å². The van der Waals surface area contributed by atoms with Crippen LogP contribution in [0.3, 0.4) is 0 Å². The second-order valence-electron chi connectivity index (χ2n) is 11.6. The fourth-order valence-electron chi connectivity index (χ4n) is 7.22. The molecule has 3 heterocycles. The van der Waals surface area contributed by atoms with Crippen LogP contribution in [0.5, 0.6) is 28.7 Å². The first-order valence-corrected chi connectivity index (χ1v) is 14.6. The maximum atomic E-state index is 13.4. The van der Waals surface area contributed by atoms with Gasteiger partial charge in [0.2, 0.25) is 12.5 Å². The first-order chi connectivity index (χ1) is 20.5. The highest BCUT2D eigenvalue weighted by Crippen LogP contribution is 2.55. The van der Waals surface area contributed by atoms with E-state index in [9.17, 15) is 9.90 Å². The molecule has 4 aliphatic rings. The molecule has 0 bridgehead atoms. The first-order valence-electron chi connectivity index (χ1n) is 14.6. The van der Waals surface area contributed by atoms with Gasteiger partial charge in [0.25, 0.3) is 0 Å².